The fraction of sp³-hybridized carbons (Fsp3) is 0.310. The molecule has 0 radical (unpaired) electrons. The highest BCUT2D eigenvalue weighted by molar-refractivity contribution is 9.14. The second-order valence-corrected chi connectivity index (χ2v) is 19.8. The molecule has 0 aromatic heterocycles. The van der Waals surface area contributed by atoms with Crippen molar-refractivity contribution in [2.45, 2.75) is 39.6 Å². The highest BCUT2D eigenvalue weighted by atomic mass is 79.9. The number of fused-ring (bicyclic) bond motifs is 2. The first-order valence-electron chi connectivity index (χ1n) is 12.3. The van der Waals surface area contributed by atoms with Crippen LogP contribution in [0.1, 0.15) is 25.0 Å². The van der Waals surface area contributed by atoms with E-state index in [-0.39, 0.29) is 19.3 Å². The predicted molar refractivity (Wildman–Crippen MR) is 210 cm³/mol. The molecule has 41 heavy (non-hydrogen) atoms. The maximum Gasteiger partial charge on any atom is 0.143 e. The molecule has 0 aliphatic heterocycles. The van der Waals surface area contributed by atoms with Gasteiger partial charge >= 0.3 is 0 Å². The van der Waals surface area contributed by atoms with Crippen molar-refractivity contribution in [3.05, 3.63) is 74.4 Å². The molecule has 0 amide bonds. The average Bonchev–Trinajstić information content (AvgIpc) is 2.89. The Morgan fingerprint density at radius 2 is 0.902 bits per heavy atom. The summed E-state index contributed by atoms with van der Waals surface area (Å²) in [6.07, 6.45) is 0.756. The van der Waals surface area contributed by atoms with E-state index in [2.05, 4.69) is 210 Å². The molecule has 0 aliphatic rings. The van der Waals surface area contributed by atoms with Crippen LogP contribution < -0.4 is 9.47 Å². The zero-order valence-corrected chi connectivity index (χ0v) is 37.4. The van der Waals surface area contributed by atoms with E-state index < -0.39 is 0 Å². The highest BCUT2D eigenvalue weighted by Gasteiger charge is 2.20. The normalized spacial score (nSPS) is 14.7. The standard InChI is InChI=1S/C29H22Br10O2/c1-12(30)22(36)10-40-28-24-16(8-20(34)26(28)38)4-14(6-18(24)32)3-15-5-17-9-21(35)27(39)29(25(17)19(33)7-15)41-11-23(37)13(2)31/h4-9,12-13,22-23H,3,10-11H2,1-2H3. The summed E-state index contributed by atoms with van der Waals surface area (Å²) in [6, 6.07) is 13.1. The van der Waals surface area contributed by atoms with Crippen molar-refractivity contribution in [2.75, 3.05) is 13.2 Å². The molecule has 0 spiro atoms. The molecule has 0 heterocycles. The second kappa shape index (κ2) is 15.6. The molecule has 0 aliphatic carbocycles. The lowest BCUT2D eigenvalue weighted by Gasteiger charge is -2.19. The molecule has 4 rings (SSSR count). The van der Waals surface area contributed by atoms with E-state index in [1.807, 2.05) is 0 Å². The number of hydrogen-bond acceptors (Lipinski definition) is 2. The first kappa shape index (κ1) is 35.7. The maximum absolute atomic E-state index is 6.32. The van der Waals surface area contributed by atoms with E-state index in [4.69, 9.17) is 9.47 Å². The van der Waals surface area contributed by atoms with Gasteiger partial charge < -0.3 is 9.47 Å². The monoisotopic (exact) mass is 1190 g/mol. The zero-order valence-electron chi connectivity index (χ0n) is 21.5. The lowest BCUT2D eigenvalue weighted by molar-refractivity contribution is 0.320. The van der Waals surface area contributed by atoms with Crippen molar-refractivity contribution in [3.8, 4) is 11.5 Å². The van der Waals surface area contributed by atoms with E-state index >= 15 is 0 Å². The van der Waals surface area contributed by atoms with Crippen molar-refractivity contribution < 1.29 is 9.47 Å². The molecule has 0 bridgehead atoms. The molecule has 0 N–H and O–H groups in total. The molecule has 4 atom stereocenters. The summed E-state index contributed by atoms with van der Waals surface area (Å²) < 4.78 is 18.3. The van der Waals surface area contributed by atoms with Gasteiger partial charge in [-0.05, 0) is 116 Å². The molecule has 0 fully saturated rings. The van der Waals surface area contributed by atoms with Crippen LogP contribution in [0.15, 0.2) is 63.2 Å². The summed E-state index contributed by atoms with van der Waals surface area (Å²) in [5, 5.41) is 4.24. The summed E-state index contributed by atoms with van der Waals surface area (Å²) in [5.41, 5.74) is 2.37. The van der Waals surface area contributed by atoms with Crippen molar-refractivity contribution >= 4 is 181 Å². The maximum atomic E-state index is 6.32. The van der Waals surface area contributed by atoms with Gasteiger partial charge in [-0.1, -0.05) is 122 Å². The van der Waals surface area contributed by atoms with Gasteiger partial charge in [-0.3, -0.25) is 0 Å². The first-order valence-corrected chi connectivity index (χ1v) is 20.7. The molecule has 2 nitrogen and oxygen atoms in total. The molecule has 4 aromatic carbocycles. The van der Waals surface area contributed by atoms with Crippen molar-refractivity contribution in [2.24, 2.45) is 0 Å². The van der Waals surface area contributed by atoms with Gasteiger partial charge in [0.25, 0.3) is 0 Å². The highest BCUT2D eigenvalue weighted by Crippen LogP contribution is 2.45. The molecule has 220 valence electrons. The molecule has 0 saturated heterocycles. The Labute approximate surface area is 324 Å². The van der Waals surface area contributed by atoms with Crippen LogP contribution in [0.4, 0.5) is 0 Å². The number of rotatable bonds is 10. The molecule has 12 heteroatoms. The Morgan fingerprint density at radius 3 is 1.24 bits per heavy atom. The van der Waals surface area contributed by atoms with Crippen LogP contribution in [0.5, 0.6) is 11.5 Å². The number of alkyl halides is 4. The van der Waals surface area contributed by atoms with Gasteiger partial charge in [0.2, 0.25) is 0 Å². The lowest BCUT2D eigenvalue weighted by Crippen LogP contribution is -2.19. The predicted octanol–water partition coefficient (Wildman–Crippen LogP) is 14.0. The number of ether oxygens (including phenoxy) is 2. The second-order valence-electron chi connectivity index (χ2n) is 9.54. The minimum absolute atomic E-state index is 0.174. The Morgan fingerprint density at radius 1 is 0.537 bits per heavy atom. The molecule has 4 unspecified atom stereocenters. The molecule has 4 aromatic rings. The summed E-state index contributed by atoms with van der Waals surface area (Å²) >= 11 is 37.2. The molecule has 0 saturated carbocycles. The van der Waals surface area contributed by atoms with Crippen molar-refractivity contribution in [1.82, 2.24) is 0 Å². The fourth-order valence-corrected chi connectivity index (χ4v) is 7.90. The van der Waals surface area contributed by atoms with E-state index in [9.17, 15) is 0 Å². The fourth-order valence-electron chi connectivity index (χ4n) is 4.22. The van der Waals surface area contributed by atoms with E-state index in [1.54, 1.807) is 0 Å². The van der Waals surface area contributed by atoms with Crippen LogP contribution in [0.2, 0.25) is 0 Å². The Bertz CT molecular complexity index is 1470. The third-order valence-corrected chi connectivity index (χ3v) is 16.3. The van der Waals surface area contributed by atoms with Crippen LogP contribution >= 0.6 is 159 Å². The lowest BCUT2D eigenvalue weighted by atomic mass is 9.98. The van der Waals surface area contributed by atoms with Gasteiger partial charge in [-0.2, -0.15) is 0 Å². The minimum Gasteiger partial charge on any atom is -0.490 e. The summed E-state index contributed by atoms with van der Waals surface area (Å²) in [6.45, 7) is 5.25. The number of halogens is 10. The van der Waals surface area contributed by atoms with E-state index in [0.29, 0.717) is 13.2 Å². The van der Waals surface area contributed by atoms with Crippen molar-refractivity contribution in [1.29, 1.82) is 0 Å². The SMILES string of the molecule is CC(Br)C(Br)COc1c(Br)c(Br)cc2cc(Cc3cc(Br)c4c(OCC(Br)C(C)Br)c(Br)c(Br)cc4c3)cc(Br)c12. The largest absolute Gasteiger partial charge is 0.490 e. The van der Waals surface area contributed by atoms with Crippen LogP contribution in [-0.4, -0.2) is 32.5 Å². The Balaban J connectivity index is 1.71. The van der Waals surface area contributed by atoms with Gasteiger partial charge in [0.05, 0.1) is 18.6 Å². The van der Waals surface area contributed by atoms with Crippen LogP contribution in [-0.2, 0) is 6.42 Å². The van der Waals surface area contributed by atoms with Crippen LogP contribution in [0, 0.1) is 0 Å². The minimum atomic E-state index is 0.174. The summed E-state index contributed by atoms with van der Waals surface area (Å²) in [5.74, 6) is 1.61. The summed E-state index contributed by atoms with van der Waals surface area (Å²) in [7, 11) is 0. The van der Waals surface area contributed by atoms with E-state index in [0.717, 1.165) is 66.3 Å². The smallest absolute Gasteiger partial charge is 0.143 e. The number of benzene rings is 4. The van der Waals surface area contributed by atoms with Gasteiger partial charge in [-0.15, -0.1) is 0 Å². The quantitative estimate of drug-likeness (QED) is 0.147. The third-order valence-electron chi connectivity index (χ3n) is 6.38. The van der Waals surface area contributed by atoms with Gasteiger partial charge in [-0.25, -0.2) is 0 Å². The molecular weight excluding hydrogens is 1180 g/mol. The third kappa shape index (κ3) is 8.59. The summed E-state index contributed by atoms with van der Waals surface area (Å²) in [4.78, 5) is 0.904. The molecular formula is C29H22Br10O2. The number of hydrogen-bond donors (Lipinski definition) is 0. The van der Waals surface area contributed by atoms with Gasteiger partial charge in [0.15, 0.2) is 0 Å². The van der Waals surface area contributed by atoms with Crippen molar-refractivity contribution in [3.63, 3.8) is 0 Å². The van der Waals surface area contributed by atoms with E-state index in [1.165, 1.54) is 11.1 Å². The van der Waals surface area contributed by atoms with Gasteiger partial charge in [0, 0.05) is 38.3 Å². The van der Waals surface area contributed by atoms with Gasteiger partial charge in [0.1, 0.15) is 24.7 Å². The van der Waals surface area contributed by atoms with Crippen LogP contribution in [0.3, 0.4) is 0 Å². The topological polar surface area (TPSA) is 18.5 Å². The Kier molecular flexibility index (Phi) is 13.6. The Hall–Kier alpha value is 1.80. The average molecular weight is 1200 g/mol. The zero-order chi connectivity index (χ0) is 30.2. The van der Waals surface area contributed by atoms with Crippen LogP contribution in [0.25, 0.3) is 21.5 Å². The first-order chi connectivity index (χ1) is 19.3.